The first-order chi connectivity index (χ1) is 12.7. The van der Waals surface area contributed by atoms with Crippen molar-refractivity contribution in [2.24, 2.45) is 10.3 Å². The third kappa shape index (κ3) is 3.29. The summed E-state index contributed by atoms with van der Waals surface area (Å²) in [6.45, 7) is 3.17. The molecular formula is C17H23FN4O4S. The number of fused-ring (bicyclic) bond motifs is 1. The summed E-state index contributed by atoms with van der Waals surface area (Å²) in [5.41, 5.74) is -1.19. The lowest BCUT2D eigenvalue weighted by Gasteiger charge is -2.29. The summed E-state index contributed by atoms with van der Waals surface area (Å²) in [4.78, 5) is 26.6. The van der Waals surface area contributed by atoms with E-state index in [9.17, 15) is 18.2 Å². The van der Waals surface area contributed by atoms with Crippen LogP contribution in [0.25, 0.3) is 0 Å². The molecule has 0 radical (unpaired) electrons. The molecule has 3 heterocycles. The molecule has 8 nitrogen and oxygen atoms in total. The number of carbonyl (C=O) groups excluding carboxylic acids is 2. The van der Waals surface area contributed by atoms with Gasteiger partial charge in [0.25, 0.3) is 11.8 Å². The molecule has 0 bridgehead atoms. The zero-order valence-electron chi connectivity index (χ0n) is 15.4. The minimum absolute atomic E-state index is 0.122. The van der Waals surface area contributed by atoms with E-state index in [2.05, 4.69) is 9.46 Å². The number of hydrogen-bond acceptors (Lipinski definition) is 5. The standard InChI is InChI=1S/C17H23FN4O4S/c1-11-12(3-8-26-11)15(23)20-27(2,25)14-9-19-22-7-6-21(10-13(14)22)16(24)17(18)4-5-17/h9,11-12H,3-8,10H2,1-2H3/t11-,12-,27?/m0/s1. The van der Waals surface area contributed by atoms with E-state index in [-0.39, 0.29) is 25.5 Å². The number of carbonyl (C=O) groups is 2. The Balaban J connectivity index is 1.61. The second kappa shape index (κ2) is 6.37. The Morgan fingerprint density at radius 2 is 2.15 bits per heavy atom. The van der Waals surface area contributed by atoms with E-state index in [1.165, 1.54) is 17.4 Å². The topological polar surface area (TPSA) is 93.9 Å². The Bertz CT molecular complexity index is 916. The normalized spacial score (nSPS) is 28.3. The van der Waals surface area contributed by atoms with Crippen molar-refractivity contribution < 1.29 is 22.9 Å². The van der Waals surface area contributed by atoms with E-state index in [0.717, 1.165) is 0 Å². The third-order valence-electron chi connectivity index (χ3n) is 5.56. The van der Waals surface area contributed by atoms with Crippen LogP contribution in [0.3, 0.4) is 0 Å². The molecule has 2 fully saturated rings. The van der Waals surface area contributed by atoms with Crippen molar-refractivity contribution in [1.29, 1.82) is 0 Å². The molecule has 3 aliphatic rings. The molecule has 1 unspecified atom stereocenters. The molecule has 2 aliphatic heterocycles. The second-order valence-corrected chi connectivity index (χ2v) is 9.80. The Morgan fingerprint density at radius 3 is 2.78 bits per heavy atom. The predicted molar refractivity (Wildman–Crippen MR) is 94.0 cm³/mol. The van der Waals surface area contributed by atoms with Gasteiger partial charge in [0.1, 0.15) is 0 Å². The van der Waals surface area contributed by atoms with Gasteiger partial charge in [-0.25, -0.2) is 8.60 Å². The quantitative estimate of drug-likeness (QED) is 0.761. The minimum Gasteiger partial charge on any atom is -0.378 e. The smallest absolute Gasteiger partial charge is 0.260 e. The van der Waals surface area contributed by atoms with E-state index in [0.29, 0.717) is 36.7 Å². The molecule has 0 N–H and O–H groups in total. The maximum absolute atomic E-state index is 14.2. The molecule has 10 heteroatoms. The SMILES string of the molecule is C[C@@H]1OCC[C@@H]1C(=O)N=S(C)(=O)c1cnn2c1CN(C(=O)C1(F)CC1)CC2. The highest BCUT2D eigenvalue weighted by atomic mass is 32.2. The van der Waals surface area contributed by atoms with Crippen molar-refractivity contribution >= 4 is 21.5 Å². The van der Waals surface area contributed by atoms with Crippen molar-refractivity contribution in [2.45, 2.75) is 55.9 Å². The maximum Gasteiger partial charge on any atom is 0.260 e. The van der Waals surface area contributed by atoms with Crippen LogP contribution >= 0.6 is 0 Å². The van der Waals surface area contributed by atoms with Crippen molar-refractivity contribution in [3.8, 4) is 0 Å². The van der Waals surface area contributed by atoms with E-state index < -0.39 is 33.1 Å². The van der Waals surface area contributed by atoms with Crippen molar-refractivity contribution in [3.63, 3.8) is 0 Å². The Morgan fingerprint density at radius 1 is 1.41 bits per heavy atom. The fourth-order valence-electron chi connectivity index (χ4n) is 3.66. The number of amides is 2. The van der Waals surface area contributed by atoms with Gasteiger partial charge < -0.3 is 9.64 Å². The highest BCUT2D eigenvalue weighted by Gasteiger charge is 2.53. The van der Waals surface area contributed by atoms with Crippen molar-refractivity contribution in [2.75, 3.05) is 19.4 Å². The third-order valence-corrected chi connectivity index (χ3v) is 7.24. The molecule has 27 heavy (non-hydrogen) atoms. The summed E-state index contributed by atoms with van der Waals surface area (Å²) in [7, 11) is -3.03. The van der Waals surface area contributed by atoms with Crippen molar-refractivity contribution in [3.05, 3.63) is 11.9 Å². The van der Waals surface area contributed by atoms with Crippen LogP contribution in [0.15, 0.2) is 15.5 Å². The number of alkyl halides is 1. The van der Waals surface area contributed by atoms with E-state index in [1.54, 1.807) is 11.6 Å². The van der Waals surface area contributed by atoms with Gasteiger partial charge in [-0.2, -0.15) is 9.46 Å². The average Bonchev–Trinajstić information content (AvgIpc) is 3.04. The summed E-state index contributed by atoms with van der Waals surface area (Å²) in [6.07, 6.45) is 3.67. The second-order valence-electron chi connectivity index (χ2n) is 7.57. The van der Waals surface area contributed by atoms with Gasteiger partial charge in [0.15, 0.2) is 5.67 Å². The number of hydrogen-bond donors (Lipinski definition) is 0. The predicted octanol–water partition coefficient (Wildman–Crippen LogP) is 1.14. The summed E-state index contributed by atoms with van der Waals surface area (Å²) in [6, 6.07) is 0. The van der Waals surface area contributed by atoms with Crippen LogP contribution in [0.1, 0.15) is 31.9 Å². The van der Waals surface area contributed by atoms with Crippen LogP contribution in [0.5, 0.6) is 0 Å². The summed E-state index contributed by atoms with van der Waals surface area (Å²) >= 11 is 0. The zero-order chi connectivity index (χ0) is 19.4. The number of nitrogens with zero attached hydrogens (tertiary/aromatic N) is 4. The first-order valence-corrected chi connectivity index (χ1v) is 11.0. The van der Waals surface area contributed by atoms with Gasteiger partial charge in [0.05, 0.1) is 51.6 Å². The number of aromatic nitrogens is 2. The molecule has 1 aromatic heterocycles. The summed E-state index contributed by atoms with van der Waals surface area (Å²) < 4.78 is 38.4. The summed E-state index contributed by atoms with van der Waals surface area (Å²) in [5, 5.41) is 4.22. The minimum atomic E-state index is -3.03. The molecule has 1 aliphatic carbocycles. The van der Waals surface area contributed by atoms with Gasteiger partial charge in [-0.1, -0.05) is 0 Å². The molecule has 0 spiro atoms. The molecule has 1 aromatic rings. The number of ether oxygens (including phenoxy) is 1. The summed E-state index contributed by atoms with van der Waals surface area (Å²) in [5.74, 6) is -1.35. The van der Waals surface area contributed by atoms with E-state index in [1.807, 2.05) is 0 Å². The van der Waals surface area contributed by atoms with Crippen LogP contribution in [0.2, 0.25) is 0 Å². The van der Waals surface area contributed by atoms with Gasteiger partial charge >= 0.3 is 0 Å². The Kier molecular flexibility index (Phi) is 4.38. The van der Waals surface area contributed by atoms with E-state index >= 15 is 0 Å². The fraction of sp³-hybridized carbons (Fsp3) is 0.706. The van der Waals surface area contributed by atoms with E-state index in [4.69, 9.17) is 4.74 Å². The molecule has 0 aromatic carbocycles. The lowest BCUT2D eigenvalue weighted by atomic mass is 10.0. The van der Waals surface area contributed by atoms with Gasteiger partial charge in [-0.3, -0.25) is 14.3 Å². The van der Waals surface area contributed by atoms with Gasteiger partial charge in [-0.15, -0.1) is 0 Å². The fourth-order valence-corrected chi connectivity index (χ4v) is 5.09. The van der Waals surface area contributed by atoms with Crippen LogP contribution in [0.4, 0.5) is 4.39 Å². The lowest BCUT2D eigenvalue weighted by molar-refractivity contribution is -0.139. The molecular weight excluding hydrogens is 375 g/mol. The maximum atomic E-state index is 14.2. The number of halogens is 1. The molecule has 3 atom stereocenters. The zero-order valence-corrected chi connectivity index (χ0v) is 16.2. The van der Waals surface area contributed by atoms with Gasteiger partial charge in [-0.05, 0) is 26.2 Å². The lowest BCUT2D eigenvalue weighted by Crippen LogP contribution is -2.43. The Hall–Kier alpha value is -1.81. The first kappa shape index (κ1) is 18.5. The average molecular weight is 398 g/mol. The molecule has 148 valence electrons. The first-order valence-electron chi connectivity index (χ1n) is 9.12. The molecule has 4 rings (SSSR count). The van der Waals surface area contributed by atoms with Crippen LogP contribution in [-0.4, -0.2) is 61.9 Å². The largest absolute Gasteiger partial charge is 0.378 e. The molecule has 2 amide bonds. The monoisotopic (exact) mass is 398 g/mol. The van der Waals surface area contributed by atoms with Gasteiger partial charge in [0, 0.05) is 19.4 Å². The van der Waals surface area contributed by atoms with Crippen LogP contribution in [-0.2, 0) is 37.1 Å². The van der Waals surface area contributed by atoms with Crippen LogP contribution < -0.4 is 0 Å². The number of rotatable bonds is 3. The van der Waals surface area contributed by atoms with Crippen molar-refractivity contribution in [1.82, 2.24) is 14.7 Å². The Labute approximate surface area is 157 Å². The highest BCUT2D eigenvalue weighted by Crippen LogP contribution is 2.42. The van der Waals surface area contributed by atoms with Crippen LogP contribution in [0, 0.1) is 5.92 Å². The highest BCUT2D eigenvalue weighted by molar-refractivity contribution is 7.93. The molecule has 1 saturated carbocycles. The molecule has 1 saturated heterocycles. The van der Waals surface area contributed by atoms with Gasteiger partial charge in [0.2, 0.25) is 0 Å².